The van der Waals surface area contributed by atoms with Crippen LogP contribution in [0.1, 0.15) is 62.2 Å². The van der Waals surface area contributed by atoms with Crippen molar-refractivity contribution in [2.24, 2.45) is 4.99 Å². The van der Waals surface area contributed by atoms with Gasteiger partial charge in [-0.1, -0.05) is 26.0 Å². The molecule has 0 fully saturated rings. The predicted molar refractivity (Wildman–Crippen MR) is 106 cm³/mol. The molecule has 0 saturated heterocycles. The Balaban J connectivity index is 2.15. The van der Waals surface area contributed by atoms with E-state index < -0.39 is 12.5 Å². The molecule has 0 N–H and O–H groups in total. The molecule has 1 aromatic rings. The number of carbonyl (C=O) groups excluding carboxylic acids is 1. The van der Waals surface area contributed by atoms with Gasteiger partial charge in [-0.25, -0.2) is 13.8 Å². The molecule has 0 aromatic carbocycles. The molecular weight excluding hydrogens is 364 g/mol. The van der Waals surface area contributed by atoms with Gasteiger partial charge < -0.3 is 9.64 Å². The van der Waals surface area contributed by atoms with Crippen LogP contribution in [0.25, 0.3) is 0 Å². The van der Waals surface area contributed by atoms with Crippen molar-refractivity contribution in [1.82, 2.24) is 9.88 Å². The van der Waals surface area contributed by atoms with Gasteiger partial charge in [-0.3, -0.25) is 9.78 Å². The van der Waals surface area contributed by atoms with Crippen molar-refractivity contribution in [3.05, 3.63) is 52.7 Å². The maximum Gasteiger partial charge on any atom is 0.278 e. The van der Waals surface area contributed by atoms with Crippen LogP contribution in [0.4, 0.5) is 8.78 Å². The lowest BCUT2D eigenvalue weighted by Crippen LogP contribution is -2.31. The zero-order valence-corrected chi connectivity index (χ0v) is 17.0. The number of ether oxygens (including phenoxy) is 1. The fraction of sp³-hybridized carbons (Fsp3) is 0.476. The van der Waals surface area contributed by atoms with Gasteiger partial charge >= 0.3 is 0 Å². The third-order valence-corrected chi connectivity index (χ3v) is 4.52. The molecule has 0 radical (unpaired) electrons. The number of halogens is 2. The summed E-state index contributed by atoms with van der Waals surface area (Å²) in [7, 11) is 0. The van der Waals surface area contributed by atoms with E-state index in [4.69, 9.17) is 4.74 Å². The Morgan fingerprint density at radius 2 is 2.14 bits per heavy atom. The van der Waals surface area contributed by atoms with Gasteiger partial charge in [0, 0.05) is 48.1 Å². The Labute approximate surface area is 164 Å². The molecule has 2 heterocycles. The SMILES string of the molecule is C=N/C(OCC(C)(F)F)=C(C)\C=C\C(C)N1Cc2c(ccnc2C(C)C)C1=O. The molecule has 0 bridgehead atoms. The van der Waals surface area contributed by atoms with E-state index in [1.165, 1.54) is 0 Å². The van der Waals surface area contributed by atoms with Gasteiger partial charge in [0.1, 0.15) is 0 Å². The molecule has 1 atom stereocenters. The van der Waals surface area contributed by atoms with Crippen molar-refractivity contribution in [3.8, 4) is 0 Å². The number of aliphatic imine (C=N–C) groups is 1. The van der Waals surface area contributed by atoms with Crippen molar-refractivity contribution in [2.75, 3.05) is 6.61 Å². The summed E-state index contributed by atoms with van der Waals surface area (Å²) in [4.78, 5) is 22.6. The number of rotatable bonds is 8. The van der Waals surface area contributed by atoms with Crippen LogP contribution < -0.4 is 0 Å². The second-order valence-electron chi connectivity index (χ2n) is 7.41. The van der Waals surface area contributed by atoms with Crippen molar-refractivity contribution in [2.45, 2.75) is 59.0 Å². The van der Waals surface area contributed by atoms with Crippen LogP contribution in [0.15, 0.2) is 40.9 Å². The smallest absolute Gasteiger partial charge is 0.278 e. The average molecular weight is 391 g/mol. The van der Waals surface area contributed by atoms with Crippen LogP contribution in [0.5, 0.6) is 0 Å². The fourth-order valence-electron chi connectivity index (χ4n) is 3.04. The van der Waals surface area contributed by atoms with Gasteiger partial charge in [0.15, 0.2) is 6.61 Å². The lowest BCUT2D eigenvalue weighted by molar-refractivity contribution is -0.0444. The van der Waals surface area contributed by atoms with Crippen molar-refractivity contribution < 1.29 is 18.3 Å². The Bertz CT molecular complexity index is 810. The van der Waals surface area contributed by atoms with Gasteiger partial charge in [0.2, 0.25) is 5.88 Å². The first kappa shape index (κ1) is 21.7. The third-order valence-electron chi connectivity index (χ3n) is 4.52. The summed E-state index contributed by atoms with van der Waals surface area (Å²) in [6, 6.07) is 1.55. The van der Waals surface area contributed by atoms with E-state index in [1.54, 1.807) is 30.2 Å². The minimum Gasteiger partial charge on any atom is -0.471 e. The molecule has 1 aliphatic heterocycles. The monoisotopic (exact) mass is 391 g/mol. The number of alkyl halides is 2. The molecule has 0 aliphatic carbocycles. The molecule has 28 heavy (non-hydrogen) atoms. The van der Waals surface area contributed by atoms with E-state index in [0.29, 0.717) is 17.7 Å². The number of nitrogens with zero attached hydrogens (tertiary/aromatic N) is 3. The van der Waals surface area contributed by atoms with Crippen molar-refractivity contribution >= 4 is 12.6 Å². The highest BCUT2D eigenvalue weighted by Gasteiger charge is 2.32. The van der Waals surface area contributed by atoms with Gasteiger partial charge in [0.05, 0.1) is 0 Å². The van der Waals surface area contributed by atoms with Crippen molar-refractivity contribution in [3.63, 3.8) is 0 Å². The van der Waals surface area contributed by atoms with Crippen LogP contribution in [-0.2, 0) is 11.3 Å². The number of aromatic nitrogens is 1. The summed E-state index contributed by atoms with van der Waals surface area (Å²) in [6.07, 6.45) is 5.20. The summed E-state index contributed by atoms with van der Waals surface area (Å²) in [5.41, 5.74) is 3.15. The molecule has 1 amide bonds. The minimum atomic E-state index is -2.96. The molecular formula is C21H27F2N3O2. The first-order valence-electron chi connectivity index (χ1n) is 9.20. The zero-order valence-electron chi connectivity index (χ0n) is 17.0. The number of amides is 1. The van der Waals surface area contributed by atoms with Gasteiger partial charge in [-0.2, -0.15) is 0 Å². The number of allylic oxidation sites excluding steroid dienone is 2. The molecule has 1 unspecified atom stereocenters. The normalized spacial score (nSPS) is 16.4. The second kappa shape index (κ2) is 8.63. The Kier molecular flexibility index (Phi) is 6.69. The van der Waals surface area contributed by atoms with Crippen LogP contribution in [0.2, 0.25) is 0 Å². The molecule has 0 saturated carbocycles. The van der Waals surface area contributed by atoms with Gasteiger partial charge in [-0.05, 0) is 32.5 Å². The molecule has 1 aliphatic rings. The predicted octanol–water partition coefficient (Wildman–Crippen LogP) is 4.71. The second-order valence-corrected chi connectivity index (χ2v) is 7.41. The average Bonchev–Trinajstić information content (AvgIpc) is 2.96. The Morgan fingerprint density at radius 1 is 1.46 bits per heavy atom. The van der Waals surface area contributed by atoms with Gasteiger partial charge in [0.25, 0.3) is 11.8 Å². The summed E-state index contributed by atoms with van der Waals surface area (Å²) >= 11 is 0. The molecule has 5 nitrogen and oxygen atoms in total. The number of pyridine rings is 1. The molecule has 7 heteroatoms. The third kappa shape index (κ3) is 5.03. The van der Waals surface area contributed by atoms with E-state index in [-0.39, 0.29) is 23.8 Å². The Morgan fingerprint density at radius 3 is 2.71 bits per heavy atom. The Hall–Kier alpha value is -2.57. The maximum absolute atomic E-state index is 13.0. The van der Waals surface area contributed by atoms with E-state index in [1.807, 2.05) is 13.0 Å². The van der Waals surface area contributed by atoms with E-state index in [9.17, 15) is 13.6 Å². The van der Waals surface area contributed by atoms with Gasteiger partial charge in [-0.15, -0.1) is 0 Å². The fourth-order valence-corrected chi connectivity index (χ4v) is 3.04. The lowest BCUT2D eigenvalue weighted by atomic mass is 10.0. The standard InChI is InChI=1S/C21H27F2N3O2/c1-13(2)18-17-11-26(20(27)16(17)9-10-25-18)15(4)8-7-14(3)19(24-6)28-12-21(5,22)23/h7-10,13,15H,6,11-12H2,1-5H3/b8-7+,19-14+. The van der Waals surface area contributed by atoms with E-state index in [0.717, 1.165) is 18.2 Å². The van der Waals surface area contributed by atoms with Crippen LogP contribution in [0.3, 0.4) is 0 Å². The van der Waals surface area contributed by atoms with Crippen LogP contribution in [0, 0.1) is 0 Å². The first-order chi connectivity index (χ1) is 13.0. The lowest BCUT2D eigenvalue weighted by Gasteiger charge is -2.21. The van der Waals surface area contributed by atoms with Crippen LogP contribution >= 0.6 is 0 Å². The highest BCUT2D eigenvalue weighted by molar-refractivity contribution is 5.98. The molecule has 2 rings (SSSR count). The summed E-state index contributed by atoms with van der Waals surface area (Å²) in [5, 5.41) is 0. The van der Waals surface area contributed by atoms with Crippen molar-refractivity contribution in [1.29, 1.82) is 0 Å². The first-order valence-corrected chi connectivity index (χ1v) is 9.20. The molecule has 0 spiro atoms. The quantitative estimate of drug-likeness (QED) is 0.366. The molecule has 1 aromatic heterocycles. The van der Waals surface area contributed by atoms with E-state index >= 15 is 0 Å². The summed E-state index contributed by atoms with van der Waals surface area (Å²) in [6.45, 7) is 11.6. The minimum absolute atomic E-state index is 0.0398. The largest absolute Gasteiger partial charge is 0.471 e. The zero-order chi connectivity index (χ0) is 21.1. The molecule has 152 valence electrons. The number of fused-ring (bicyclic) bond motifs is 1. The highest BCUT2D eigenvalue weighted by atomic mass is 19.3. The van der Waals surface area contributed by atoms with E-state index in [2.05, 4.69) is 30.5 Å². The topological polar surface area (TPSA) is 54.8 Å². The summed E-state index contributed by atoms with van der Waals surface area (Å²) in [5.74, 6) is -2.72. The number of hydrogen-bond donors (Lipinski definition) is 0. The van der Waals surface area contributed by atoms with Crippen LogP contribution in [-0.4, -0.2) is 41.1 Å². The highest BCUT2D eigenvalue weighted by Crippen LogP contribution is 2.30. The summed E-state index contributed by atoms with van der Waals surface area (Å²) < 4.78 is 31.0. The number of carbonyl (C=O) groups is 1. The maximum atomic E-state index is 13.0. The number of hydrogen-bond acceptors (Lipinski definition) is 4.